The molecule has 4 nitrogen and oxygen atoms in total. The lowest BCUT2D eigenvalue weighted by Crippen LogP contribution is -2.38. The summed E-state index contributed by atoms with van der Waals surface area (Å²) in [4.78, 5) is 0. The third kappa shape index (κ3) is 1.55. The summed E-state index contributed by atoms with van der Waals surface area (Å²) in [6, 6.07) is 7.41. The van der Waals surface area contributed by atoms with Crippen LogP contribution in [0.4, 0.5) is 11.4 Å². The van der Waals surface area contributed by atoms with Crippen molar-refractivity contribution in [1.29, 1.82) is 0 Å². The van der Waals surface area contributed by atoms with Gasteiger partial charge in [0.15, 0.2) is 0 Å². The van der Waals surface area contributed by atoms with Gasteiger partial charge in [-0.25, -0.2) is 8.42 Å². The first-order chi connectivity index (χ1) is 6.59. The molecule has 0 amide bonds. The van der Waals surface area contributed by atoms with Crippen LogP contribution in [0, 0.1) is 0 Å². The van der Waals surface area contributed by atoms with E-state index in [9.17, 15) is 8.42 Å². The maximum absolute atomic E-state index is 11.4. The van der Waals surface area contributed by atoms with Crippen molar-refractivity contribution in [2.75, 3.05) is 29.0 Å². The van der Waals surface area contributed by atoms with Crippen LogP contribution in [-0.2, 0) is 10.0 Å². The maximum Gasteiger partial charge on any atom is 0.232 e. The van der Waals surface area contributed by atoms with Crippen LogP contribution in [0.2, 0.25) is 0 Å². The van der Waals surface area contributed by atoms with Gasteiger partial charge >= 0.3 is 0 Å². The zero-order valence-electron chi connectivity index (χ0n) is 7.90. The van der Waals surface area contributed by atoms with Gasteiger partial charge in [0, 0.05) is 6.54 Å². The fourth-order valence-corrected chi connectivity index (χ4v) is 2.54. The summed E-state index contributed by atoms with van der Waals surface area (Å²) in [7, 11) is -3.15. The average molecular weight is 212 g/mol. The SMILES string of the molecule is CS(=O)(=O)N1CCNc2ccccc21. The molecule has 0 atom stereocenters. The molecule has 1 heterocycles. The molecule has 2 rings (SSSR count). The zero-order chi connectivity index (χ0) is 10.2. The van der Waals surface area contributed by atoms with Crippen LogP contribution in [0.1, 0.15) is 0 Å². The highest BCUT2D eigenvalue weighted by Crippen LogP contribution is 2.29. The molecule has 0 saturated heterocycles. The van der Waals surface area contributed by atoms with Gasteiger partial charge in [0.1, 0.15) is 0 Å². The van der Waals surface area contributed by atoms with Gasteiger partial charge in [-0.15, -0.1) is 0 Å². The van der Waals surface area contributed by atoms with Crippen molar-refractivity contribution >= 4 is 21.4 Å². The highest BCUT2D eigenvalue weighted by Gasteiger charge is 2.22. The largest absolute Gasteiger partial charge is 0.382 e. The van der Waals surface area contributed by atoms with E-state index in [1.165, 1.54) is 10.6 Å². The molecule has 0 fully saturated rings. The van der Waals surface area contributed by atoms with Crippen molar-refractivity contribution in [1.82, 2.24) is 0 Å². The quantitative estimate of drug-likeness (QED) is 0.751. The van der Waals surface area contributed by atoms with Crippen LogP contribution >= 0.6 is 0 Å². The molecule has 0 unspecified atom stereocenters. The summed E-state index contributed by atoms with van der Waals surface area (Å²) < 4.78 is 24.3. The first-order valence-electron chi connectivity index (χ1n) is 4.39. The monoisotopic (exact) mass is 212 g/mol. The first-order valence-corrected chi connectivity index (χ1v) is 6.24. The van der Waals surface area contributed by atoms with E-state index in [4.69, 9.17) is 0 Å². The van der Waals surface area contributed by atoms with Crippen LogP contribution in [0.25, 0.3) is 0 Å². The lowest BCUT2D eigenvalue weighted by atomic mass is 10.2. The van der Waals surface area contributed by atoms with Crippen molar-refractivity contribution in [3.8, 4) is 0 Å². The van der Waals surface area contributed by atoms with E-state index in [2.05, 4.69) is 5.32 Å². The molecule has 1 aliphatic rings. The molecule has 1 aliphatic heterocycles. The van der Waals surface area contributed by atoms with Crippen molar-refractivity contribution in [3.63, 3.8) is 0 Å². The second kappa shape index (κ2) is 3.16. The lowest BCUT2D eigenvalue weighted by molar-refractivity contribution is 0.596. The van der Waals surface area contributed by atoms with Gasteiger partial charge in [-0.1, -0.05) is 12.1 Å². The summed E-state index contributed by atoms with van der Waals surface area (Å²) in [6.07, 6.45) is 1.23. The van der Waals surface area contributed by atoms with Crippen LogP contribution in [0.15, 0.2) is 24.3 Å². The molecule has 0 spiro atoms. The summed E-state index contributed by atoms with van der Waals surface area (Å²) >= 11 is 0. The van der Waals surface area contributed by atoms with Crippen LogP contribution < -0.4 is 9.62 Å². The van der Waals surface area contributed by atoms with Crippen molar-refractivity contribution in [2.24, 2.45) is 0 Å². The van der Waals surface area contributed by atoms with Gasteiger partial charge in [-0.2, -0.15) is 0 Å². The smallest absolute Gasteiger partial charge is 0.232 e. The Bertz CT molecular complexity index is 442. The Labute approximate surface area is 83.6 Å². The number of nitrogens with zero attached hydrogens (tertiary/aromatic N) is 1. The molecule has 0 saturated carbocycles. The normalized spacial score (nSPS) is 15.9. The average Bonchev–Trinajstić information content (AvgIpc) is 2.15. The minimum Gasteiger partial charge on any atom is -0.382 e. The number of nitrogens with one attached hydrogen (secondary N) is 1. The van der Waals surface area contributed by atoms with Gasteiger partial charge < -0.3 is 5.32 Å². The van der Waals surface area contributed by atoms with Crippen molar-refractivity contribution in [3.05, 3.63) is 24.3 Å². The maximum atomic E-state index is 11.4. The molecular weight excluding hydrogens is 200 g/mol. The van der Waals surface area contributed by atoms with Gasteiger partial charge in [0.2, 0.25) is 10.0 Å². The summed E-state index contributed by atoms with van der Waals surface area (Å²) in [5.41, 5.74) is 1.62. The third-order valence-corrected chi connectivity index (χ3v) is 3.38. The number of para-hydroxylation sites is 2. The molecule has 1 aromatic carbocycles. The Kier molecular flexibility index (Phi) is 2.11. The summed E-state index contributed by atoms with van der Waals surface area (Å²) in [5, 5.41) is 3.16. The van der Waals surface area contributed by atoms with E-state index in [1.54, 1.807) is 0 Å². The minimum absolute atomic E-state index is 0.496. The Morgan fingerprint density at radius 3 is 2.79 bits per heavy atom. The van der Waals surface area contributed by atoms with E-state index in [1.807, 2.05) is 24.3 Å². The Balaban J connectivity index is 2.51. The highest BCUT2D eigenvalue weighted by molar-refractivity contribution is 7.92. The number of hydrogen-bond acceptors (Lipinski definition) is 3. The van der Waals surface area contributed by atoms with E-state index in [0.717, 1.165) is 11.4 Å². The zero-order valence-corrected chi connectivity index (χ0v) is 8.71. The van der Waals surface area contributed by atoms with Crippen molar-refractivity contribution < 1.29 is 8.42 Å². The molecule has 1 N–H and O–H groups in total. The number of rotatable bonds is 1. The second-order valence-corrected chi connectivity index (χ2v) is 5.19. The molecule has 5 heteroatoms. The van der Waals surface area contributed by atoms with E-state index in [0.29, 0.717) is 13.1 Å². The molecular formula is C9H12N2O2S. The predicted octanol–water partition coefficient (Wildman–Crippen LogP) is 0.878. The topological polar surface area (TPSA) is 49.4 Å². The highest BCUT2D eigenvalue weighted by atomic mass is 32.2. The fraction of sp³-hybridized carbons (Fsp3) is 0.333. The summed E-state index contributed by atoms with van der Waals surface area (Å²) in [6.45, 7) is 1.15. The number of fused-ring (bicyclic) bond motifs is 1. The van der Waals surface area contributed by atoms with Crippen LogP contribution in [0.3, 0.4) is 0 Å². The van der Waals surface area contributed by atoms with E-state index < -0.39 is 10.0 Å². The molecule has 1 aromatic rings. The molecule has 0 aliphatic carbocycles. The first kappa shape index (κ1) is 9.33. The van der Waals surface area contributed by atoms with Gasteiger partial charge in [0.25, 0.3) is 0 Å². The summed E-state index contributed by atoms with van der Waals surface area (Å²) in [5.74, 6) is 0. The fourth-order valence-electron chi connectivity index (χ4n) is 1.60. The van der Waals surface area contributed by atoms with Crippen molar-refractivity contribution in [2.45, 2.75) is 0 Å². The Morgan fingerprint density at radius 2 is 2.07 bits per heavy atom. The number of benzene rings is 1. The standard InChI is InChI=1S/C9H12N2O2S/c1-14(12,13)11-7-6-10-8-4-2-3-5-9(8)11/h2-5,10H,6-7H2,1H3. The third-order valence-electron chi connectivity index (χ3n) is 2.20. The van der Waals surface area contributed by atoms with Gasteiger partial charge in [-0.05, 0) is 12.1 Å². The molecule has 0 radical (unpaired) electrons. The second-order valence-electron chi connectivity index (χ2n) is 3.28. The van der Waals surface area contributed by atoms with Crippen LogP contribution in [-0.4, -0.2) is 27.8 Å². The van der Waals surface area contributed by atoms with Crippen LogP contribution in [0.5, 0.6) is 0 Å². The lowest BCUT2D eigenvalue weighted by Gasteiger charge is -2.29. The number of hydrogen-bond donors (Lipinski definition) is 1. The van der Waals surface area contributed by atoms with Gasteiger partial charge in [0.05, 0.1) is 24.2 Å². The molecule has 0 aromatic heterocycles. The molecule has 0 bridgehead atoms. The predicted molar refractivity (Wildman–Crippen MR) is 57.1 cm³/mol. The number of sulfonamides is 1. The van der Waals surface area contributed by atoms with E-state index in [-0.39, 0.29) is 0 Å². The molecule has 14 heavy (non-hydrogen) atoms. The van der Waals surface area contributed by atoms with E-state index >= 15 is 0 Å². The van der Waals surface area contributed by atoms with Gasteiger partial charge in [-0.3, -0.25) is 4.31 Å². The minimum atomic E-state index is -3.15. The number of anilines is 2. The molecule has 76 valence electrons. The Hall–Kier alpha value is -1.23. The Morgan fingerprint density at radius 1 is 1.36 bits per heavy atom.